The first-order chi connectivity index (χ1) is 19.8. The second-order valence-electron chi connectivity index (χ2n) is 8.65. The number of rotatable bonds is 3. The van der Waals surface area contributed by atoms with E-state index < -0.39 is 0 Å². The van der Waals surface area contributed by atoms with Crippen LogP contribution in [0.3, 0.4) is 0 Å². The molecule has 0 amide bonds. The molecule has 0 radical (unpaired) electrons. The third-order valence-corrected chi connectivity index (χ3v) is 6.12. The molecule has 0 aliphatic carbocycles. The standard InChI is InChI=1S/C27H13N13/c1-3-14-9-32-27(40-23(14)29-6-1)26-34-12-19-22(39-26)21(18-11-33-24-16(36-18)4-2-7-30-24)38-25(37-19)20-13-31-17-10-28-8-5-15(17)35-20/h1-13H. The molecule has 0 aliphatic heterocycles. The van der Waals surface area contributed by atoms with Crippen LogP contribution in [0.4, 0.5) is 0 Å². The van der Waals surface area contributed by atoms with Gasteiger partial charge in [-0.05, 0) is 30.3 Å². The van der Waals surface area contributed by atoms with Gasteiger partial charge in [-0.2, -0.15) is 0 Å². The zero-order chi connectivity index (χ0) is 26.5. The van der Waals surface area contributed by atoms with Crippen LogP contribution < -0.4 is 0 Å². The molecule has 0 N–H and O–H groups in total. The van der Waals surface area contributed by atoms with Gasteiger partial charge in [-0.3, -0.25) is 9.97 Å². The fraction of sp³-hybridized carbons (Fsp3) is 0. The summed E-state index contributed by atoms with van der Waals surface area (Å²) in [6.45, 7) is 0. The number of nitrogens with zero attached hydrogens (tertiary/aromatic N) is 13. The Hall–Kier alpha value is -6.11. The highest BCUT2D eigenvalue weighted by Gasteiger charge is 2.18. The number of hydrogen-bond donors (Lipinski definition) is 0. The second kappa shape index (κ2) is 8.73. The summed E-state index contributed by atoms with van der Waals surface area (Å²) in [7, 11) is 0. The Bertz CT molecular complexity index is 2250. The lowest BCUT2D eigenvalue weighted by Crippen LogP contribution is -2.03. The zero-order valence-corrected chi connectivity index (χ0v) is 20.3. The van der Waals surface area contributed by atoms with Crippen molar-refractivity contribution in [2.45, 2.75) is 0 Å². The minimum Gasteiger partial charge on any atom is -0.262 e. The first-order valence-electron chi connectivity index (χ1n) is 12.1. The van der Waals surface area contributed by atoms with Crippen LogP contribution in [0.15, 0.2) is 79.9 Å². The van der Waals surface area contributed by atoms with Crippen LogP contribution in [0.2, 0.25) is 0 Å². The Balaban J connectivity index is 1.36. The fourth-order valence-electron chi connectivity index (χ4n) is 4.24. The summed E-state index contributed by atoms with van der Waals surface area (Å²) in [6, 6.07) is 9.14. The molecule has 8 rings (SSSR count). The molecule has 0 saturated carbocycles. The van der Waals surface area contributed by atoms with E-state index in [1.54, 1.807) is 61.7 Å². The molecule has 8 heterocycles. The van der Waals surface area contributed by atoms with Crippen molar-refractivity contribution in [1.82, 2.24) is 64.8 Å². The molecule has 0 spiro atoms. The van der Waals surface area contributed by atoms with Gasteiger partial charge in [0.2, 0.25) is 0 Å². The summed E-state index contributed by atoms with van der Waals surface area (Å²) < 4.78 is 0. The zero-order valence-electron chi connectivity index (χ0n) is 20.3. The van der Waals surface area contributed by atoms with Crippen molar-refractivity contribution in [2.24, 2.45) is 0 Å². The lowest BCUT2D eigenvalue weighted by atomic mass is 10.2. The molecule has 40 heavy (non-hydrogen) atoms. The van der Waals surface area contributed by atoms with Crippen LogP contribution in [-0.4, -0.2) is 64.8 Å². The predicted molar refractivity (Wildman–Crippen MR) is 144 cm³/mol. The van der Waals surface area contributed by atoms with Crippen LogP contribution in [0, 0.1) is 0 Å². The molecular weight excluding hydrogens is 506 g/mol. The quantitative estimate of drug-likeness (QED) is 0.333. The molecule has 0 atom stereocenters. The number of pyridine rings is 3. The maximum absolute atomic E-state index is 4.84. The summed E-state index contributed by atoms with van der Waals surface area (Å²) in [5, 5.41) is 0.813. The molecule has 0 bridgehead atoms. The molecule has 0 aromatic carbocycles. The van der Waals surface area contributed by atoms with Crippen LogP contribution in [-0.2, 0) is 0 Å². The minimum absolute atomic E-state index is 0.297. The molecule has 0 saturated heterocycles. The molecule has 0 aliphatic rings. The molecule has 13 nitrogen and oxygen atoms in total. The molecule has 8 aromatic heterocycles. The molecule has 186 valence electrons. The molecular formula is C27H13N13. The van der Waals surface area contributed by atoms with E-state index in [1.165, 1.54) is 0 Å². The number of aromatic nitrogens is 13. The van der Waals surface area contributed by atoms with E-state index in [9.17, 15) is 0 Å². The normalized spacial score (nSPS) is 11.5. The van der Waals surface area contributed by atoms with Crippen LogP contribution >= 0.6 is 0 Å². The Morgan fingerprint density at radius 1 is 0.425 bits per heavy atom. The van der Waals surface area contributed by atoms with E-state index in [1.807, 2.05) is 18.2 Å². The second-order valence-corrected chi connectivity index (χ2v) is 8.65. The van der Waals surface area contributed by atoms with Crippen molar-refractivity contribution < 1.29 is 0 Å². The highest BCUT2D eigenvalue weighted by Crippen LogP contribution is 2.28. The summed E-state index contributed by atoms with van der Waals surface area (Å²) in [4.78, 5) is 58.9. The predicted octanol–water partition coefficient (Wildman–Crippen LogP) is 3.44. The molecule has 0 unspecified atom stereocenters. The van der Waals surface area contributed by atoms with E-state index in [0.29, 0.717) is 73.4 Å². The van der Waals surface area contributed by atoms with E-state index in [2.05, 4.69) is 44.9 Å². The molecule has 8 aromatic rings. The Kier molecular flexibility index (Phi) is 4.79. The Labute approximate surface area is 223 Å². The van der Waals surface area contributed by atoms with Gasteiger partial charge >= 0.3 is 0 Å². The minimum atomic E-state index is 0.297. The Morgan fingerprint density at radius 2 is 1.25 bits per heavy atom. The van der Waals surface area contributed by atoms with Crippen molar-refractivity contribution in [1.29, 1.82) is 0 Å². The van der Waals surface area contributed by atoms with Crippen LogP contribution in [0.25, 0.3) is 78.8 Å². The lowest BCUT2D eigenvalue weighted by Gasteiger charge is -2.09. The summed E-state index contributed by atoms with van der Waals surface area (Å²) >= 11 is 0. The average Bonchev–Trinajstić information content (AvgIpc) is 3.03. The fourth-order valence-corrected chi connectivity index (χ4v) is 4.24. The first-order valence-corrected chi connectivity index (χ1v) is 12.1. The highest BCUT2D eigenvalue weighted by atomic mass is 15.0. The van der Waals surface area contributed by atoms with Crippen LogP contribution in [0.5, 0.6) is 0 Å². The summed E-state index contributed by atoms with van der Waals surface area (Å²) in [5.41, 5.74) is 5.35. The molecule has 0 fully saturated rings. The third kappa shape index (κ3) is 3.68. The van der Waals surface area contributed by atoms with Crippen molar-refractivity contribution in [2.75, 3.05) is 0 Å². The van der Waals surface area contributed by atoms with Gasteiger partial charge in [0, 0.05) is 30.2 Å². The molecule has 13 heteroatoms. The van der Waals surface area contributed by atoms with E-state index in [4.69, 9.17) is 19.9 Å². The SMILES string of the molecule is c1cnc2nc(-c3ncc4nc(-c5cnc6cnccc6n5)nc(-c5cnc6ncccc6n5)c4n3)ncc2c1. The number of fused-ring (bicyclic) bond motifs is 4. The average molecular weight is 519 g/mol. The smallest absolute Gasteiger partial charge is 0.199 e. The monoisotopic (exact) mass is 519 g/mol. The van der Waals surface area contributed by atoms with Gasteiger partial charge in [0.1, 0.15) is 39.1 Å². The van der Waals surface area contributed by atoms with E-state index in [-0.39, 0.29) is 0 Å². The highest BCUT2D eigenvalue weighted by molar-refractivity contribution is 5.91. The number of hydrogen-bond acceptors (Lipinski definition) is 13. The van der Waals surface area contributed by atoms with Gasteiger partial charge in [-0.1, -0.05) is 0 Å². The van der Waals surface area contributed by atoms with Gasteiger partial charge in [0.05, 0.1) is 30.3 Å². The van der Waals surface area contributed by atoms with Gasteiger partial charge in [-0.15, -0.1) is 0 Å². The maximum atomic E-state index is 4.84. The van der Waals surface area contributed by atoms with E-state index in [0.717, 1.165) is 5.39 Å². The Morgan fingerprint density at radius 3 is 2.23 bits per heavy atom. The van der Waals surface area contributed by atoms with E-state index >= 15 is 0 Å². The maximum Gasteiger partial charge on any atom is 0.199 e. The van der Waals surface area contributed by atoms with Crippen LogP contribution in [0.1, 0.15) is 0 Å². The summed E-state index contributed by atoms with van der Waals surface area (Å²) in [5.74, 6) is 0.960. The topological polar surface area (TPSA) is 168 Å². The van der Waals surface area contributed by atoms with Gasteiger partial charge < -0.3 is 0 Å². The third-order valence-electron chi connectivity index (χ3n) is 6.12. The van der Waals surface area contributed by atoms with Crippen molar-refractivity contribution in [3.63, 3.8) is 0 Å². The van der Waals surface area contributed by atoms with Gasteiger partial charge in [-0.25, -0.2) is 54.8 Å². The van der Waals surface area contributed by atoms with Crippen molar-refractivity contribution >= 4 is 44.3 Å². The van der Waals surface area contributed by atoms with Gasteiger partial charge in [0.25, 0.3) is 0 Å². The lowest BCUT2D eigenvalue weighted by molar-refractivity contribution is 1.09. The largest absolute Gasteiger partial charge is 0.262 e. The van der Waals surface area contributed by atoms with Crippen molar-refractivity contribution in [3.05, 3.63) is 79.9 Å². The summed E-state index contributed by atoms with van der Waals surface area (Å²) in [6.07, 6.45) is 13.2. The van der Waals surface area contributed by atoms with Crippen molar-refractivity contribution in [3.8, 4) is 34.6 Å². The van der Waals surface area contributed by atoms with Gasteiger partial charge in [0.15, 0.2) is 28.8 Å². The first kappa shape index (κ1) is 21.9.